The van der Waals surface area contributed by atoms with Gasteiger partial charge in [0.25, 0.3) is 0 Å². The molecule has 0 saturated heterocycles. The molecule has 0 amide bonds. The summed E-state index contributed by atoms with van der Waals surface area (Å²) in [5, 5.41) is 18.4. The Labute approximate surface area is 286 Å². The van der Waals surface area contributed by atoms with Crippen molar-refractivity contribution >= 4 is 11.9 Å². The van der Waals surface area contributed by atoms with Crippen LogP contribution in [0.25, 0.3) is 0 Å². The first-order valence-electron chi connectivity index (χ1n) is 19.2. The van der Waals surface area contributed by atoms with Gasteiger partial charge in [-0.1, -0.05) is 79.9 Å². The van der Waals surface area contributed by atoms with Gasteiger partial charge in [0.15, 0.2) is 0 Å². The topological polar surface area (TPSA) is 93.1 Å². The maximum Gasteiger partial charge on any atom is 0.335 e. The molecule has 9 atom stereocenters. The van der Waals surface area contributed by atoms with E-state index in [-0.39, 0.29) is 30.3 Å². The highest BCUT2D eigenvalue weighted by Crippen LogP contribution is 2.68. The lowest BCUT2D eigenvalue weighted by molar-refractivity contribution is -0.144. The number of ether oxygens (including phenoxy) is 2. The third-order valence-electron chi connectivity index (χ3n) is 14.1. The normalized spacial score (nSPS) is 33.9. The molecule has 6 nitrogen and oxygen atoms in total. The van der Waals surface area contributed by atoms with Crippen LogP contribution in [0.5, 0.6) is 0 Å². The average molecular weight is 657 g/mol. The molecule has 0 aromatic heterocycles. The zero-order chi connectivity index (χ0) is 34.4. The second kappa shape index (κ2) is 16.8. The number of aliphatic hydroxyl groups excluding tert-OH is 2. The smallest absolute Gasteiger partial charge is 0.335 e. The van der Waals surface area contributed by atoms with Crippen LogP contribution in [0.15, 0.2) is 24.3 Å². The number of carbonyl (C=O) groups is 2. The SMILES string of the molecule is C=C(CO)C(=O)OCC(CCC[C@H]1CC[C@@]2(C)[C@@H](CC[C@@H]3[C@@H]2CC[C@]2(C)[C@@H]([C@H](C)CCCC(C)C)CC[C@@H]32)C1)COC(=O)C(=C)CO. The highest BCUT2D eigenvalue weighted by Gasteiger charge is 2.60. The molecule has 0 spiro atoms. The lowest BCUT2D eigenvalue weighted by atomic mass is 9.44. The van der Waals surface area contributed by atoms with Gasteiger partial charge >= 0.3 is 11.9 Å². The molecule has 0 unspecified atom stereocenters. The molecule has 0 heterocycles. The van der Waals surface area contributed by atoms with Gasteiger partial charge in [-0.3, -0.25) is 0 Å². The Morgan fingerprint density at radius 3 is 2.00 bits per heavy atom. The van der Waals surface area contributed by atoms with Crippen molar-refractivity contribution in [2.24, 2.45) is 64.1 Å². The van der Waals surface area contributed by atoms with Crippen LogP contribution < -0.4 is 0 Å². The van der Waals surface area contributed by atoms with Crippen LogP contribution >= 0.6 is 0 Å². The van der Waals surface area contributed by atoms with E-state index in [0.717, 1.165) is 66.6 Å². The number of esters is 2. The van der Waals surface area contributed by atoms with Gasteiger partial charge in [-0.05, 0) is 122 Å². The molecule has 0 bridgehead atoms. The van der Waals surface area contributed by atoms with E-state index in [1.165, 1.54) is 77.0 Å². The number of fused-ring (bicyclic) bond motifs is 5. The predicted molar refractivity (Wildman–Crippen MR) is 188 cm³/mol. The highest BCUT2D eigenvalue weighted by atomic mass is 16.5. The molecule has 0 aromatic carbocycles. The van der Waals surface area contributed by atoms with Crippen molar-refractivity contribution in [3.05, 3.63) is 24.3 Å². The van der Waals surface area contributed by atoms with Gasteiger partial charge in [-0.25, -0.2) is 9.59 Å². The Morgan fingerprint density at radius 2 is 1.38 bits per heavy atom. The van der Waals surface area contributed by atoms with Crippen LogP contribution in [0.1, 0.15) is 131 Å². The molecule has 4 fully saturated rings. The Hall–Kier alpha value is -1.66. The number of carbonyl (C=O) groups excluding carboxylic acids is 2. The van der Waals surface area contributed by atoms with Crippen molar-refractivity contribution in [3.8, 4) is 0 Å². The lowest BCUT2D eigenvalue weighted by Gasteiger charge is -2.61. The van der Waals surface area contributed by atoms with E-state index >= 15 is 0 Å². The summed E-state index contributed by atoms with van der Waals surface area (Å²) in [6.07, 6.45) is 19.7. The molecular weight excluding hydrogens is 588 g/mol. The van der Waals surface area contributed by atoms with Gasteiger partial charge in [0.2, 0.25) is 0 Å². The Balaban J connectivity index is 1.29. The van der Waals surface area contributed by atoms with Crippen molar-refractivity contribution in [1.82, 2.24) is 0 Å². The zero-order valence-corrected chi connectivity index (χ0v) is 30.6. The molecule has 4 aliphatic rings. The summed E-state index contributed by atoms with van der Waals surface area (Å²) in [5.74, 6) is 5.48. The van der Waals surface area contributed by atoms with Gasteiger partial charge < -0.3 is 19.7 Å². The molecule has 0 aromatic rings. The van der Waals surface area contributed by atoms with Crippen molar-refractivity contribution in [1.29, 1.82) is 0 Å². The number of hydrogen-bond acceptors (Lipinski definition) is 6. The third-order valence-corrected chi connectivity index (χ3v) is 14.1. The summed E-state index contributed by atoms with van der Waals surface area (Å²) < 4.78 is 10.7. The quantitative estimate of drug-likeness (QED) is 0.120. The maximum atomic E-state index is 12.1. The molecule has 4 rings (SSSR count). The minimum Gasteiger partial charge on any atom is -0.462 e. The summed E-state index contributed by atoms with van der Waals surface area (Å²) in [5.41, 5.74) is 1.05. The minimum absolute atomic E-state index is 0.0105. The Kier molecular flexibility index (Phi) is 13.7. The van der Waals surface area contributed by atoms with E-state index in [9.17, 15) is 19.8 Å². The van der Waals surface area contributed by atoms with Crippen LogP contribution in [0.2, 0.25) is 0 Å². The van der Waals surface area contributed by atoms with Gasteiger partial charge in [-0.15, -0.1) is 0 Å². The third kappa shape index (κ3) is 8.93. The molecule has 6 heteroatoms. The van der Waals surface area contributed by atoms with Crippen LogP contribution in [-0.4, -0.2) is 48.6 Å². The second-order valence-corrected chi connectivity index (χ2v) is 17.3. The maximum absolute atomic E-state index is 12.1. The van der Waals surface area contributed by atoms with E-state index in [1.807, 2.05) is 0 Å². The molecule has 268 valence electrons. The summed E-state index contributed by atoms with van der Waals surface area (Å²) in [4.78, 5) is 24.2. The molecule has 4 saturated carbocycles. The van der Waals surface area contributed by atoms with Gasteiger partial charge in [0, 0.05) is 5.92 Å². The second-order valence-electron chi connectivity index (χ2n) is 17.3. The fraction of sp³-hybridized carbons (Fsp3) is 0.854. The molecular formula is C41H68O6. The van der Waals surface area contributed by atoms with E-state index < -0.39 is 25.2 Å². The van der Waals surface area contributed by atoms with Crippen molar-refractivity contribution in [2.75, 3.05) is 26.4 Å². The van der Waals surface area contributed by atoms with Crippen molar-refractivity contribution < 1.29 is 29.3 Å². The standard InChI is InChI=1S/C41H68O6/c1-27(2)10-8-11-28(3)35-16-17-36-34-15-14-33-22-31(18-20-40(33,6)37(34)19-21-41(35,36)7)12-9-13-32(25-46-38(44)29(4)23-42)26-47-39(45)30(5)24-43/h27-28,31-37,42-43H,4-5,8-26H2,1-3,6-7H3/t28-,31+,33+,34+,35-,36+,37+,40+,41-/m1/s1. The molecule has 2 N–H and O–H groups in total. The lowest BCUT2D eigenvalue weighted by Crippen LogP contribution is -2.53. The van der Waals surface area contributed by atoms with Crippen LogP contribution in [0.3, 0.4) is 0 Å². The van der Waals surface area contributed by atoms with Crippen molar-refractivity contribution in [2.45, 2.75) is 131 Å². The Bertz CT molecular complexity index is 1050. The highest BCUT2D eigenvalue weighted by molar-refractivity contribution is 5.88. The number of rotatable bonds is 17. The zero-order valence-electron chi connectivity index (χ0n) is 30.6. The van der Waals surface area contributed by atoms with Crippen molar-refractivity contribution in [3.63, 3.8) is 0 Å². The summed E-state index contributed by atoms with van der Waals surface area (Å²) in [7, 11) is 0. The van der Waals surface area contributed by atoms with Crippen LogP contribution in [-0.2, 0) is 19.1 Å². The van der Waals surface area contributed by atoms with Gasteiger partial charge in [0.1, 0.15) is 0 Å². The van der Waals surface area contributed by atoms with Gasteiger partial charge in [0.05, 0.1) is 37.6 Å². The first kappa shape index (κ1) is 38.1. The van der Waals surface area contributed by atoms with E-state index in [1.54, 1.807) is 0 Å². The number of aliphatic hydroxyl groups is 2. The monoisotopic (exact) mass is 657 g/mol. The first-order chi connectivity index (χ1) is 22.3. The van der Waals surface area contributed by atoms with Gasteiger partial charge in [-0.2, -0.15) is 0 Å². The molecule has 0 aliphatic heterocycles. The fourth-order valence-electron chi connectivity index (χ4n) is 11.3. The Morgan fingerprint density at radius 1 is 0.766 bits per heavy atom. The molecule has 0 radical (unpaired) electrons. The summed E-state index contributed by atoms with van der Waals surface area (Å²) in [6, 6.07) is 0. The van der Waals surface area contributed by atoms with E-state index in [2.05, 4.69) is 47.8 Å². The molecule has 47 heavy (non-hydrogen) atoms. The largest absolute Gasteiger partial charge is 0.462 e. The van der Waals surface area contributed by atoms with Crippen LogP contribution in [0.4, 0.5) is 0 Å². The summed E-state index contributed by atoms with van der Waals surface area (Å²) in [6.45, 7) is 19.1. The van der Waals surface area contributed by atoms with E-state index in [0.29, 0.717) is 10.8 Å². The van der Waals surface area contributed by atoms with Crippen LogP contribution in [0, 0.1) is 64.1 Å². The first-order valence-corrected chi connectivity index (χ1v) is 19.2. The van der Waals surface area contributed by atoms with E-state index in [4.69, 9.17) is 9.47 Å². The average Bonchev–Trinajstić information content (AvgIpc) is 3.41. The summed E-state index contributed by atoms with van der Waals surface area (Å²) >= 11 is 0. The minimum atomic E-state index is -0.627. The number of hydrogen-bond donors (Lipinski definition) is 2. The molecule has 4 aliphatic carbocycles. The fourth-order valence-corrected chi connectivity index (χ4v) is 11.3. The predicted octanol–water partition coefficient (Wildman–Crippen LogP) is 8.69.